The van der Waals surface area contributed by atoms with Crippen LogP contribution in [0.5, 0.6) is 0 Å². The maximum Gasteiger partial charge on any atom is 0.355 e. The lowest BCUT2D eigenvalue weighted by molar-refractivity contribution is -0.125. The van der Waals surface area contributed by atoms with Crippen molar-refractivity contribution in [2.75, 3.05) is 6.54 Å². The van der Waals surface area contributed by atoms with Crippen molar-refractivity contribution in [2.24, 2.45) is 11.7 Å². The lowest BCUT2D eigenvalue weighted by Crippen LogP contribution is -2.39. The van der Waals surface area contributed by atoms with Crippen molar-refractivity contribution in [1.29, 1.82) is 0 Å². The van der Waals surface area contributed by atoms with E-state index in [1.54, 1.807) is 0 Å². The Morgan fingerprint density at radius 2 is 2.32 bits per heavy atom. The smallest absolute Gasteiger partial charge is 0.355 e. The summed E-state index contributed by atoms with van der Waals surface area (Å²) in [4.78, 5) is 26.5. The van der Waals surface area contributed by atoms with Crippen LogP contribution in [0.4, 0.5) is 0 Å². The van der Waals surface area contributed by atoms with Crippen LogP contribution >= 0.6 is 11.3 Å². The second kappa shape index (κ2) is 6.12. The van der Waals surface area contributed by atoms with Crippen molar-refractivity contribution in [3.8, 4) is 0 Å². The first-order chi connectivity index (χ1) is 9.08. The van der Waals surface area contributed by atoms with E-state index in [1.807, 2.05) is 0 Å². The number of hydrogen-bond donors (Lipinski definition) is 3. The molecule has 1 saturated carbocycles. The molecule has 1 heterocycles. The number of aromatic carboxylic acids is 1. The second-order valence-corrected chi connectivity index (χ2v) is 5.62. The monoisotopic (exact) mass is 283 g/mol. The topological polar surface area (TPSA) is 105 Å². The van der Waals surface area contributed by atoms with Gasteiger partial charge in [-0.1, -0.05) is 6.42 Å². The zero-order chi connectivity index (χ0) is 13.8. The van der Waals surface area contributed by atoms with Gasteiger partial charge in [0.2, 0.25) is 5.91 Å². The molecule has 0 radical (unpaired) electrons. The molecule has 6 nitrogen and oxygen atoms in total. The molecule has 1 amide bonds. The number of thiazole rings is 1. The molecule has 19 heavy (non-hydrogen) atoms. The molecule has 2 rings (SSSR count). The number of carboxylic acid groups (broad SMARTS) is 1. The molecule has 1 aliphatic carbocycles. The third-order valence-corrected chi connectivity index (χ3v) is 4.22. The minimum Gasteiger partial charge on any atom is -0.476 e. The summed E-state index contributed by atoms with van der Waals surface area (Å²) < 4.78 is 0. The van der Waals surface area contributed by atoms with Gasteiger partial charge in [0.15, 0.2) is 5.69 Å². The highest BCUT2D eigenvalue weighted by atomic mass is 32.1. The molecule has 0 saturated heterocycles. The maximum absolute atomic E-state index is 11.9. The number of rotatable bonds is 5. The van der Waals surface area contributed by atoms with Gasteiger partial charge < -0.3 is 16.2 Å². The molecule has 2 unspecified atom stereocenters. The normalized spacial score (nSPS) is 22.4. The van der Waals surface area contributed by atoms with Crippen LogP contribution in [0, 0.1) is 5.92 Å². The summed E-state index contributed by atoms with van der Waals surface area (Å²) in [5.41, 5.74) is 5.92. The zero-order valence-electron chi connectivity index (χ0n) is 10.5. The Balaban J connectivity index is 1.76. The quantitative estimate of drug-likeness (QED) is 0.735. The number of carbonyl (C=O) groups is 2. The fourth-order valence-electron chi connectivity index (χ4n) is 2.26. The van der Waals surface area contributed by atoms with E-state index in [9.17, 15) is 9.59 Å². The Morgan fingerprint density at radius 3 is 2.89 bits per heavy atom. The first-order valence-corrected chi connectivity index (χ1v) is 7.17. The predicted molar refractivity (Wildman–Crippen MR) is 71.1 cm³/mol. The number of hydrogen-bond acceptors (Lipinski definition) is 5. The number of nitrogens with one attached hydrogen (secondary N) is 1. The van der Waals surface area contributed by atoms with Crippen molar-refractivity contribution in [3.05, 3.63) is 16.1 Å². The van der Waals surface area contributed by atoms with E-state index in [2.05, 4.69) is 10.3 Å². The summed E-state index contributed by atoms with van der Waals surface area (Å²) in [6.45, 7) is 0.467. The fourth-order valence-corrected chi connectivity index (χ4v) is 3.03. The predicted octanol–water partition coefficient (Wildman–Crippen LogP) is 0.627. The van der Waals surface area contributed by atoms with Gasteiger partial charge in [-0.15, -0.1) is 11.3 Å². The number of amides is 1. The minimum absolute atomic E-state index is 0.0000131. The second-order valence-electron chi connectivity index (χ2n) is 4.67. The zero-order valence-corrected chi connectivity index (χ0v) is 11.3. The lowest BCUT2D eigenvalue weighted by Gasteiger charge is -2.14. The van der Waals surface area contributed by atoms with Gasteiger partial charge in [0.25, 0.3) is 0 Å². The summed E-state index contributed by atoms with van der Waals surface area (Å²) in [7, 11) is 0. The summed E-state index contributed by atoms with van der Waals surface area (Å²) >= 11 is 1.29. The molecule has 7 heteroatoms. The number of carboxylic acids is 1. The van der Waals surface area contributed by atoms with Crippen LogP contribution in [0.1, 0.15) is 34.8 Å². The van der Waals surface area contributed by atoms with E-state index in [-0.39, 0.29) is 23.6 Å². The van der Waals surface area contributed by atoms with E-state index >= 15 is 0 Å². The number of nitrogens with zero attached hydrogens (tertiary/aromatic N) is 1. The summed E-state index contributed by atoms with van der Waals surface area (Å²) in [5.74, 6) is -1.10. The first kappa shape index (κ1) is 14.0. The molecule has 0 bridgehead atoms. The lowest BCUT2D eigenvalue weighted by atomic mass is 10.0. The molecule has 0 aliphatic heterocycles. The van der Waals surface area contributed by atoms with Gasteiger partial charge in [-0.05, 0) is 12.8 Å². The summed E-state index contributed by atoms with van der Waals surface area (Å²) in [6, 6.07) is -0.0292. The number of nitrogens with two attached hydrogens (primary N) is 1. The first-order valence-electron chi connectivity index (χ1n) is 6.29. The Morgan fingerprint density at radius 1 is 1.53 bits per heavy atom. The maximum atomic E-state index is 11.9. The highest BCUT2D eigenvalue weighted by molar-refractivity contribution is 7.09. The van der Waals surface area contributed by atoms with E-state index < -0.39 is 5.97 Å². The highest BCUT2D eigenvalue weighted by Crippen LogP contribution is 2.23. The van der Waals surface area contributed by atoms with Crippen molar-refractivity contribution in [1.82, 2.24) is 10.3 Å². The van der Waals surface area contributed by atoms with Gasteiger partial charge >= 0.3 is 5.97 Å². The van der Waals surface area contributed by atoms with Crippen molar-refractivity contribution < 1.29 is 14.7 Å². The van der Waals surface area contributed by atoms with Gasteiger partial charge in [0.1, 0.15) is 0 Å². The standard InChI is InChI=1S/C12H17N3O3S/c13-8-3-1-2-7(8)11(16)14-5-4-10-15-9(6-19-10)12(17)18/h6-8H,1-5,13H2,(H,14,16)(H,17,18). The molecule has 1 aromatic rings. The number of aromatic nitrogens is 1. The molecule has 4 N–H and O–H groups in total. The van der Waals surface area contributed by atoms with Gasteiger partial charge in [-0.2, -0.15) is 0 Å². The van der Waals surface area contributed by atoms with Crippen LogP contribution < -0.4 is 11.1 Å². The van der Waals surface area contributed by atoms with Crippen LogP contribution in [0.15, 0.2) is 5.38 Å². The van der Waals surface area contributed by atoms with E-state index in [4.69, 9.17) is 10.8 Å². The van der Waals surface area contributed by atoms with Crippen molar-refractivity contribution in [3.63, 3.8) is 0 Å². The van der Waals surface area contributed by atoms with Crippen LogP contribution in [0.2, 0.25) is 0 Å². The molecular weight excluding hydrogens is 266 g/mol. The van der Waals surface area contributed by atoms with Gasteiger partial charge in [0.05, 0.1) is 10.9 Å². The van der Waals surface area contributed by atoms with Crippen LogP contribution in [-0.2, 0) is 11.2 Å². The molecule has 104 valence electrons. The third kappa shape index (κ3) is 3.51. The number of carbonyl (C=O) groups excluding carboxylic acids is 1. The molecule has 1 fully saturated rings. The average Bonchev–Trinajstić information content (AvgIpc) is 2.97. The summed E-state index contributed by atoms with van der Waals surface area (Å²) in [5, 5.41) is 13.8. The van der Waals surface area contributed by atoms with E-state index in [1.165, 1.54) is 16.7 Å². The molecule has 1 aliphatic rings. The molecule has 0 aromatic carbocycles. The fraction of sp³-hybridized carbons (Fsp3) is 0.583. The largest absolute Gasteiger partial charge is 0.476 e. The van der Waals surface area contributed by atoms with Gasteiger partial charge in [0, 0.05) is 24.4 Å². The van der Waals surface area contributed by atoms with Crippen molar-refractivity contribution >= 4 is 23.2 Å². The van der Waals surface area contributed by atoms with Crippen LogP contribution in [0.25, 0.3) is 0 Å². The van der Waals surface area contributed by atoms with Gasteiger partial charge in [-0.3, -0.25) is 4.79 Å². The average molecular weight is 283 g/mol. The Kier molecular flexibility index (Phi) is 4.49. The SMILES string of the molecule is NC1CCCC1C(=O)NCCc1nc(C(=O)O)cs1. The highest BCUT2D eigenvalue weighted by Gasteiger charge is 2.29. The minimum atomic E-state index is -1.02. The van der Waals surface area contributed by atoms with Crippen LogP contribution in [-0.4, -0.2) is 34.6 Å². The Bertz CT molecular complexity index is 475. The molecule has 2 atom stereocenters. The summed E-state index contributed by atoms with van der Waals surface area (Å²) in [6.07, 6.45) is 3.32. The third-order valence-electron chi connectivity index (χ3n) is 3.32. The van der Waals surface area contributed by atoms with Crippen LogP contribution in [0.3, 0.4) is 0 Å². The van der Waals surface area contributed by atoms with E-state index in [0.717, 1.165) is 19.3 Å². The molecular formula is C12H17N3O3S. The van der Waals surface area contributed by atoms with Crippen molar-refractivity contribution in [2.45, 2.75) is 31.7 Å². The molecule has 1 aromatic heterocycles. The van der Waals surface area contributed by atoms with Gasteiger partial charge in [-0.25, -0.2) is 9.78 Å². The Labute approximate surface area is 115 Å². The van der Waals surface area contributed by atoms with E-state index in [0.29, 0.717) is 18.0 Å². The Hall–Kier alpha value is -1.47. The molecule has 0 spiro atoms.